The lowest BCUT2D eigenvalue weighted by molar-refractivity contribution is -0.323. The average molecular weight is 227 g/mol. The minimum Gasteiger partial charge on any atom is -0.394 e. The number of ether oxygens (including phenoxy) is 1. The van der Waals surface area contributed by atoms with Crippen molar-refractivity contribution in [3.63, 3.8) is 0 Å². The van der Waals surface area contributed by atoms with Crippen LogP contribution >= 0.6 is 0 Å². The summed E-state index contributed by atoms with van der Waals surface area (Å²) in [5.41, 5.74) is -0.380. The van der Waals surface area contributed by atoms with Gasteiger partial charge in [-0.2, -0.15) is 0 Å². The molecule has 0 atom stereocenters. The molecule has 1 fully saturated rings. The smallest absolute Gasteiger partial charge is 0.394 e. The molecular weight excluding hydrogens is 211 g/mol. The van der Waals surface area contributed by atoms with Crippen molar-refractivity contribution in [3.8, 4) is 0 Å². The molecule has 2 N–H and O–H groups in total. The number of hydrogen-bond acceptors (Lipinski definition) is 3. The number of rotatable bonds is 5. The summed E-state index contributed by atoms with van der Waals surface area (Å²) in [7, 11) is 0. The van der Waals surface area contributed by atoms with E-state index in [0.29, 0.717) is 0 Å². The predicted molar refractivity (Wildman–Crippen MR) is 48.3 cm³/mol. The number of hydrogen-bond donors (Lipinski definition) is 2. The van der Waals surface area contributed by atoms with Crippen molar-refractivity contribution in [2.24, 2.45) is 0 Å². The zero-order valence-electron chi connectivity index (χ0n) is 8.44. The van der Waals surface area contributed by atoms with E-state index < -0.39 is 13.0 Å². The summed E-state index contributed by atoms with van der Waals surface area (Å²) in [6, 6.07) is 0. The van der Waals surface area contributed by atoms with Gasteiger partial charge in [-0.05, 0) is 12.8 Å². The van der Waals surface area contributed by atoms with Crippen molar-refractivity contribution in [1.82, 2.24) is 5.32 Å². The Morgan fingerprint density at radius 2 is 1.87 bits per heavy atom. The summed E-state index contributed by atoms with van der Waals surface area (Å²) in [5.74, 6) is 0. The Morgan fingerprint density at radius 3 is 2.33 bits per heavy atom. The van der Waals surface area contributed by atoms with Crippen molar-refractivity contribution < 1.29 is 23.0 Å². The highest BCUT2D eigenvalue weighted by Crippen LogP contribution is 2.28. The molecule has 90 valence electrons. The summed E-state index contributed by atoms with van der Waals surface area (Å²) in [5, 5.41) is 12.1. The molecule has 0 aromatic heterocycles. The first-order chi connectivity index (χ1) is 6.97. The molecule has 0 amide bonds. The molecule has 3 nitrogen and oxygen atoms in total. The third-order valence-corrected chi connectivity index (χ3v) is 2.73. The molecule has 1 rings (SSSR count). The maximum atomic E-state index is 11.6. The van der Waals surface area contributed by atoms with Gasteiger partial charge >= 0.3 is 6.36 Å². The normalized spacial score (nSPS) is 20.8. The Kier molecular flexibility index (Phi) is 4.36. The van der Waals surface area contributed by atoms with Gasteiger partial charge in [-0.1, -0.05) is 12.8 Å². The standard InChI is InChI=1S/C9H16F3NO2/c10-9(11,12)15-6-5-13-8(7-14)3-1-2-4-8/h13-14H,1-7H2. The third kappa shape index (κ3) is 4.36. The van der Waals surface area contributed by atoms with Crippen LogP contribution in [0.2, 0.25) is 0 Å². The van der Waals surface area contributed by atoms with E-state index in [-0.39, 0.29) is 18.7 Å². The Bertz CT molecular complexity index is 190. The molecule has 0 bridgehead atoms. The van der Waals surface area contributed by atoms with Gasteiger partial charge in [-0.15, -0.1) is 13.2 Å². The molecule has 15 heavy (non-hydrogen) atoms. The SMILES string of the molecule is OCC1(NCCOC(F)(F)F)CCCC1. The van der Waals surface area contributed by atoms with Crippen LogP contribution in [-0.2, 0) is 4.74 Å². The van der Waals surface area contributed by atoms with Crippen molar-refractivity contribution in [1.29, 1.82) is 0 Å². The largest absolute Gasteiger partial charge is 0.522 e. The van der Waals surface area contributed by atoms with E-state index in [1.807, 2.05) is 0 Å². The van der Waals surface area contributed by atoms with Gasteiger partial charge in [0.15, 0.2) is 0 Å². The van der Waals surface area contributed by atoms with Gasteiger partial charge < -0.3 is 10.4 Å². The number of aliphatic hydroxyl groups excluding tert-OH is 1. The lowest BCUT2D eigenvalue weighted by Gasteiger charge is -2.28. The van der Waals surface area contributed by atoms with E-state index in [1.54, 1.807) is 0 Å². The van der Waals surface area contributed by atoms with Crippen LogP contribution in [-0.4, -0.2) is 36.8 Å². The lowest BCUT2D eigenvalue weighted by atomic mass is 9.99. The Balaban J connectivity index is 2.18. The van der Waals surface area contributed by atoms with E-state index >= 15 is 0 Å². The Morgan fingerprint density at radius 1 is 1.27 bits per heavy atom. The van der Waals surface area contributed by atoms with Crippen molar-refractivity contribution in [2.45, 2.75) is 37.6 Å². The molecule has 1 saturated carbocycles. The molecule has 0 saturated heterocycles. The summed E-state index contributed by atoms with van der Waals surface area (Å²) < 4.78 is 38.5. The Labute approximate surface area is 86.6 Å². The molecule has 0 aromatic rings. The van der Waals surface area contributed by atoms with E-state index in [9.17, 15) is 13.2 Å². The van der Waals surface area contributed by atoms with Crippen molar-refractivity contribution in [2.75, 3.05) is 19.8 Å². The van der Waals surface area contributed by atoms with Crippen LogP contribution in [0.1, 0.15) is 25.7 Å². The second-order valence-electron chi connectivity index (χ2n) is 3.87. The molecule has 1 aliphatic rings. The van der Waals surface area contributed by atoms with Crippen LogP contribution in [0.15, 0.2) is 0 Å². The van der Waals surface area contributed by atoms with Crippen LogP contribution in [0, 0.1) is 0 Å². The molecule has 1 aliphatic carbocycles. The van der Waals surface area contributed by atoms with Gasteiger partial charge in [0, 0.05) is 12.1 Å². The first kappa shape index (κ1) is 12.7. The number of halogens is 3. The van der Waals surface area contributed by atoms with Gasteiger partial charge in [0.25, 0.3) is 0 Å². The van der Waals surface area contributed by atoms with Crippen LogP contribution < -0.4 is 5.32 Å². The zero-order valence-corrected chi connectivity index (χ0v) is 8.44. The zero-order chi connectivity index (χ0) is 11.4. The fourth-order valence-electron chi connectivity index (χ4n) is 1.93. The van der Waals surface area contributed by atoms with Gasteiger partial charge in [-0.3, -0.25) is 4.74 Å². The first-order valence-electron chi connectivity index (χ1n) is 5.04. The summed E-state index contributed by atoms with van der Waals surface area (Å²) in [4.78, 5) is 0. The van der Waals surface area contributed by atoms with Crippen LogP contribution in [0.3, 0.4) is 0 Å². The summed E-state index contributed by atoms with van der Waals surface area (Å²) >= 11 is 0. The number of alkyl halides is 3. The molecule has 0 heterocycles. The van der Waals surface area contributed by atoms with Gasteiger partial charge in [0.05, 0.1) is 13.2 Å². The maximum absolute atomic E-state index is 11.6. The van der Waals surface area contributed by atoms with E-state index in [0.717, 1.165) is 25.7 Å². The quantitative estimate of drug-likeness (QED) is 0.698. The highest BCUT2D eigenvalue weighted by atomic mass is 19.4. The van der Waals surface area contributed by atoms with Crippen LogP contribution in [0.25, 0.3) is 0 Å². The second kappa shape index (κ2) is 5.14. The molecular formula is C9H16F3NO2. The van der Waals surface area contributed by atoms with Crippen molar-refractivity contribution in [3.05, 3.63) is 0 Å². The molecule has 6 heteroatoms. The van der Waals surface area contributed by atoms with E-state index in [2.05, 4.69) is 10.1 Å². The number of aliphatic hydroxyl groups is 1. The highest BCUT2D eigenvalue weighted by molar-refractivity contribution is 4.91. The fraction of sp³-hybridized carbons (Fsp3) is 1.00. The van der Waals surface area contributed by atoms with E-state index in [1.165, 1.54) is 0 Å². The van der Waals surface area contributed by atoms with E-state index in [4.69, 9.17) is 5.11 Å². The maximum Gasteiger partial charge on any atom is 0.522 e. The molecule has 0 radical (unpaired) electrons. The van der Waals surface area contributed by atoms with Crippen molar-refractivity contribution >= 4 is 0 Å². The first-order valence-corrected chi connectivity index (χ1v) is 5.04. The summed E-state index contributed by atoms with van der Waals surface area (Å²) in [6.07, 6.45) is -0.920. The lowest BCUT2D eigenvalue weighted by Crippen LogP contribution is -2.47. The van der Waals surface area contributed by atoms with Crippen LogP contribution in [0.4, 0.5) is 13.2 Å². The topological polar surface area (TPSA) is 41.5 Å². The Hall–Kier alpha value is -0.330. The third-order valence-electron chi connectivity index (χ3n) is 2.73. The minimum atomic E-state index is -4.57. The predicted octanol–water partition coefficient (Wildman–Crippen LogP) is 1.42. The summed E-state index contributed by atoms with van der Waals surface area (Å²) in [6.45, 7) is -0.329. The average Bonchev–Trinajstić information content (AvgIpc) is 2.60. The highest BCUT2D eigenvalue weighted by Gasteiger charge is 2.33. The molecule has 0 aliphatic heterocycles. The molecule has 0 spiro atoms. The number of nitrogens with one attached hydrogen (secondary N) is 1. The van der Waals surface area contributed by atoms with Gasteiger partial charge in [0.1, 0.15) is 0 Å². The molecule has 0 unspecified atom stereocenters. The monoisotopic (exact) mass is 227 g/mol. The molecule has 0 aromatic carbocycles. The van der Waals surface area contributed by atoms with Gasteiger partial charge in [0.2, 0.25) is 0 Å². The van der Waals surface area contributed by atoms with Crippen LogP contribution in [0.5, 0.6) is 0 Å². The fourth-order valence-corrected chi connectivity index (χ4v) is 1.93. The second-order valence-corrected chi connectivity index (χ2v) is 3.87. The minimum absolute atomic E-state index is 0.0288. The van der Waals surface area contributed by atoms with Gasteiger partial charge in [-0.25, -0.2) is 0 Å².